The molecule has 0 aromatic heterocycles. The minimum absolute atomic E-state index is 0. The van der Waals surface area contributed by atoms with E-state index in [0.29, 0.717) is 197 Å². The SMILES string of the molecule is C.COC(=O)CC[C@@H]1CC(=O)[C@@]2(C)CCC3c4ccc(C)cc4CCC3C12.COC(=O)CC[C@@H]1CC(=O)[C@@]2(C)CCC3c4ccc(C)cc4CCC3C12.COC(=O)CC[C@@H]1CC(=O)[C@@]2(C)CCC3c4ccc(O)cc4CCC3C12.CSC.CSC(I)(I)I.CSC(I)I.CSCI.C[C@]12CCC3c4ccc(O)cc4CCC3C1CCC2=O.C[C@]12CCC3c4ccc(O)cc4CCC3C1[C@H](CCC(=O)O)CC2=O. The summed E-state index contributed by atoms with van der Waals surface area (Å²) in [5.74, 6) is 10.7. The Morgan fingerprint density at radius 1 is 0.394 bits per heavy atom. The monoisotopic (exact) mass is 2700 g/mol. The number of benzene rings is 5. The number of Topliss-reactive ketones (excluding diaryl/α,β-unsaturated/α-hetero) is 5. The first-order valence-corrected chi connectivity index (χ1v) is 64.4. The molecule has 0 amide bonds. The second-order valence-corrected chi connectivity index (χ2v) is 69.6. The maximum absolute atomic E-state index is 12.9. The van der Waals surface area contributed by atoms with Crippen molar-refractivity contribution in [3.8, 4) is 17.2 Å². The highest BCUT2D eigenvalue weighted by Crippen LogP contribution is 2.68. The molecule has 16 nitrogen and oxygen atoms in total. The van der Waals surface area contributed by atoms with Crippen LogP contribution in [0.4, 0.5) is 0 Å². The summed E-state index contributed by atoms with van der Waals surface area (Å²) in [6.07, 6.45) is 40.4. The first-order chi connectivity index (χ1) is 67.0. The molecule has 24 atom stereocenters. The molecule has 0 saturated heterocycles. The van der Waals surface area contributed by atoms with Crippen molar-refractivity contribution in [2.24, 2.45) is 110 Å². The number of carbonyl (C=O) groups excluding carboxylic acids is 8. The minimum Gasteiger partial charge on any atom is -0.508 e. The number of halogens is 6. The number of aromatic hydroxyl groups is 3. The van der Waals surface area contributed by atoms with Gasteiger partial charge in [-0.3, -0.25) is 43.2 Å². The Balaban J connectivity index is 0.000000162. The summed E-state index contributed by atoms with van der Waals surface area (Å²) in [6, 6.07) is 31.3. The summed E-state index contributed by atoms with van der Waals surface area (Å²) < 4.78 is 16.8. The number of phenols is 3. The average molecular weight is 2700 g/mol. The van der Waals surface area contributed by atoms with E-state index in [1.54, 1.807) is 23.9 Å². The van der Waals surface area contributed by atoms with E-state index in [2.05, 4.69) is 257 Å². The van der Waals surface area contributed by atoms with Crippen LogP contribution in [0.2, 0.25) is 0 Å². The van der Waals surface area contributed by atoms with Crippen molar-refractivity contribution < 1.29 is 77.8 Å². The number of ketones is 5. The molecule has 4 N–H and O–H groups in total. The molecule has 0 bridgehead atoms. The zero-order chi connectivity index (χ0) is 103. The Bertz CT molecular complexity index is 4940. The van der Waals surface area contributed by atoms with Gasteiger partial charge in [-0.15, -0.1) is 23.5 Å². The van der Waals surface area contributed by atoms with Crippen LogP contribution in [0.3, 0.4) is 0 Å². The Labute approximate surface area is 947 Å². The van der Waals surface area contributed by atoms with Gasteiger partial charge >= 0.3 is 23.9 Å². The number of phenolic OH excluding ortho intramolecular Hbond substituents is 3. The summed E-state index contributed by atoms with van der Waals surface area (Å²) >= 11 is 21.4. The molecule has 15 unspecified atom stereocenters. The Morgan fingerprint density at radius 3 is 0.894 bits per heavy atom. The summed E-state index contributed by atoms with van der Waals surface area (Å²) in [7, 11) is 4.32. The topological polar surface area (TPSA) is 262 Å². The number of aryl methyl sites for hydroxylation is 7. The van der Waals surface area contributed by atoms with Gasteiger partial charge < -0.3 is 34.6 Å². The number of alkyl halides is 6. The first kappa shape index (κ1) is 120. The van der Waals surface area contributed by atoms with Crippen molar-refractivity contribution in [1.29, 1.82) is 0 Å². The maximum atomic E-state index is 12.9. The van der Waals surface area contributed by atoms with Gasteiger partial charge in [-0.25, -0.2) is 0 Å². The molecule has 10 saturated carbocycles. The lowest BCUT2D eigenvalue weighted by molar-refractivity contribution is -0.142. The smallest absolute Gasteiger partial charge is 0.305 e. The fourth-order valence-corrected chi connectivity index (χ4v) is 30.7. The Morgan fingerprint density at radius 2 is 0.641 bits per heavy atom. The van der Waals surface area contributed by atoms with Gasteiger partial charge in [-0.1, -0.05) is 176 Å². The molecule has 0 heterocycles. The van der Waals surface area contributed by atoms with E-state index >= 15 is 0 Å². The zero-order valence-electron chi connectivity index (χ0n) is 85.5. The van der Waals surface area contributed by atoms with Crippen LogP contribution in [0.25, 0.3) is 0 Å². The first-order valence-electron chi connectivity index (χ1n) is 51.6. The molecule has 15 aliphatic rings. The van der Waals surface area contributed by atoms with Gasteiger partial charge in [0.1, 0.15) is 47.4 Å². The van der Waals surface area contributed by atoms with E-state index in [9.17, 15) is 58.5 Å². The quantitative estimate of drug-likeness (QED) is 0.0328. The van der Waals surface area contributed by atoms with Gasteiger partial charge in [-0.05, 0) is 478 Å². The predicted molar refractivity (Wildman–Crippen MR) is 633 cm³/mol. The van der Waals surface area contributed by atoms with Crippen LogP contribution >= 0.6 is 183 Å². The number of ether oxygens (including phenoxy) is 3. The third-order valence-electron chi connectivity index (χ3n) is 37.1. The molecule has 20 rings (SSSR count). The summed E-state index contributed by atoms with van der Waals surface area (Å²) in [4.78, 5) is 110. The van der Waals surface area contributed by atoms with Crippen molar-refractivity contribution in [2.75, 3.05) is 56.4 Å². The number of methoxy groups -OCH3 is 3. The lowest BCUT2D eigenvalue weighted by Gasteiger charge is -2.50. The number of hydrogen-bond acceptors (Lipinski definition) is 19. The molecular formula is C116H158I6O16S4. The van der Waals surface area contributed by atoms with Gasteiger partial charge in [0, 0.05) is 88.6 Å². The van der Waals surface area contributed by atoms with E-state index in [1.807, 2.05) is 72.1 Å². The third kappa shape index (κ3) is 27.3. The molecule has 0 radical (unpaired) electrons. The number of carboxylic acids is 1. The molecule has 784 valence electrons. The van der Waals surface area contributed by atoms with Crippen LogP contribution in [0.5, 0.6) is 17.2 Å². The highest BCUT2D eigenvalue weighted by atomic mass is 127. The third-order valence-corrected chi connectivity index (χ3v) is 47.0. The molecule has 15 aliphatic carbocycles. The molecular weight excluding hydrogens is 2540 g/mol. The summed E-state index contributed by atoms with van der Waals surface area (Å²) in [5, 5.41) is 38.3. The van der Waals surface area contributed by atoms with Gasteiger partial charge in [0.15, 0.2) is -1.23 Å². The van der Waals surface area contributed by atoms with Gasteiger partial charge in [-0.2, -0.15) is 23.5 Å². The van der Waals surface area contributed by atoms with Crippen LogP contribution in [0.1, 0.15) is 325 Å². The van der Waals surface area contributed by atoms with Crippen LogP contribution in [0, 0.1) is 124 Å². The fraction of sp³-hybridized carbons (Fsp3) is 0.664. The van der Waals surface area contributed by atoms with Gasteiger partial charge in [0.2, 0.25) is 0 Å². The van der Waals surface area contributed by atoms with Crippen molar-refractivity contribution in [2.45, 2.75) is 304 Å². The highest BCUT2D eigenvalue weighted by molar-refractivity contribution is 14.3. The number of fused-ring (bicyclic) bond motifs is 25. The van der Waals surface area contributed by atoms with Crippen molar-refractivity contribution in [3.63, 3.8) is 0 Å². The number of esters is 3. The van der Waals surface area contributed by atoms with Crippen LogP contribution < -0.4 is 0 Å². The lowest BCUT2D eigenvalue weighted by atomic mass is 9.54. The lowest BCUT2D eigenvalue weighted by Crippen LogP contribution is -2.44. The van der Waals surface area contributed by atoms with Gasteiger partial charge in [0.05, 0.1) is 21.3 Å². The molecule has 142 heavy (non-hydrogen) atoms. The number of hydrogen-bond donors (Lipinski definition) is 4. The van der Waals surface area contributed by atoms with Gasteiger partial charge in [0.25, 0.3) is 0 Å². The van der Waals surface area contributed by atoms with Crippen LogP contribution in [-0.2, 0) is 89.5 Å². The normalized spacial score (nSPS) is 32.5. The second kappa shape index (κ2) is 52.9. The maximum Gasteiger partial charge on any atom is 0.305 e. The fourth-order valence-electron chi connectivity index (χ4n) is 30.7. The number of aliphatic carboxylic acids is 1. The minimum atomic E-state index is -0.766. The van der Waals surface area contributed by atoms with Crippen molar-refractivity contribution in [3.05, 3.63) is 158 Å². The molecule has 0 spiro atoms. The van der Waals surface area contributed by atoms with E-state index in [1.165, 1.54) is 111 Å². The Hall–Kier alpha value is -2.49. The molecule has 5 aromatic rings. The predicted octanol–water partition coefficient (Wildman–Crippen LogP) is 30.0. The van der Waals surface area contributed by atoms with E-state index in [0.717, 1.165) is 143 Å². The van der Waals surface area contributed by atoms with Crippen LogP contribution in [0.15, 0.2) is 91.0 Å². The van der Waals surface area contributed by atoms with Crippen LogP contribution in [-0.4, -0.2) is 130 Å². The summed E-state index contributed by atoms with van der Waals surface area (Å²) in [5.41, 5.74) is 15.9. The molecule has 26 heteroatoms. The second-order valence-electron chi connectivity index (χ2n) is 44.3. The zero-order valence-corrected chi connectivity index (χ0v) is 102. The molecule has 5 aromatic carbocycles. The number of carbonyl (C=O) groups is 9. The largest absolute Gasteiger partial charge is 0.508 e. The van der Waals surface area contributed by atoms with E-state index in [-0.39, 0.29) is 70.7 Å². The van der Waals surface area contributed by atoms with E-state index in [4.69, 9.17) is 19.3 Å². The Kier molecular flexibility index (Phi) is 44.6. The molecule has 0 aliphatic heterocycles. The highest BCUT2D eigenvalue weighted by Gasteiger charge is 2.64. The van der Waals surface area contributed by atoms with E-state index < -0.39 is 5.97 Å². The standard InChI is InChI=1S/2C23H30O3.C22H28O4.C21H26O4.C18H22O2.C2H3I3S.C2H4I2S.C2H5IS.C2H6S.CH4/c2*1-14-4-7-17-15(12-14)5-8-19-18(17)10-11-23(2)20(24)13-16(22(19)23)6-9-21(25)26-3;1-22-10-9-17-16-7-5-15(23)11-13(16)3-6-18(17)21(22)14(12-19(22)24)4-8-20(25)26-2;1-21-9-8-16-15-6-4-14(22)10-12(15)2-5-17(16)20(21)13(11-18(21)23)3-7-19(24)25;1-18-9-8-14-13-5-3-12(19)10-11(13)2-4-15(14)16(18)6-7-17(18)20;1-6-2(3,4)5;1-5-2(3)4;1-4-2-3;1-3-2;/h2*4,7,12,16,18-19,22H,5-6,8-11,13H2,1-3H3;5,7,11,14,17-18,21,23H,3-4,6,8-10,12H2,1-2H3;4,6,10,13,16-17,20,22H,2-3,5,7-9,11H2,1H3,(H,24,25);3,5,10,14-16,19H,2,4,6-9H2,1H3;1H3;2H,1H3;2H2,1H3;1-2H3;1H4/t2*16-,18?,19?,22?,23-;14-,17?,18?,21?,22-;13-,16?,17?,20?,21-;14?,15?,16?,18-;;;;;/m11110...../s1. The molecule has 10 fully saturated rings. The number of thioether (sulfide) groups is 4. The van der Waals surface area contributed by atoms with Crippen molar-refractivity contribution in [1.82, 2.24) is 0 Å². The number of carboxylic acid groups (broad SMARTS) is 1. The summed E-state index contributed by atoms with van der Waals surface area (Å²) in [6.45, 7) is 15.3. The van der Waals surface area contributed by atoms with Crippen molar-refractivity contribution >= 4 is 235 Å². The average Bonchev–Trinajstić information content (AvgIpc) is 1.50. The number of rotatable bonds is 15.